The van der Waals surface area contributed by atoms with Gasteiger partial charge >= 0.3 is 0 Å². The molecule has 1 N–H and O–H groups in total. The molecule has 2 heterocycles. The van der Waals surface area contributed by atoms with Gasteiger partial charge in [0.05, 0.1) is 0 Å². The predicted molar refractivity (Wildman–Crippen MR) is 82.3 cm³/mol. The number of hydrogen-bond donors (Lipinski definition) is 1. The van der Waals surface area contributed by atoms with Crippen LogP contribution in [0.4, 0.5) is 0 Å². The number of piperidine rings is 1. The molecule has 3 heteroatoms. The fourth-order valence-electron chi connectivity index (χ4n) is 3.64. The lowest BCUT2D eigenvalue weighted by atomic mass is 9.74. The third-order valence-corrected chi connectivity index (χ3v) is 5.76. The van der Waals surface area contributed by atoms with Gasteiger partial charge < -0.3 is 10.2 Å². The lowest BCUT2D eigenvalue weighted by Crippen LogP contribution is -2.49. The second-order valence-electron chi connectivity index (χ2n) is 6.98. The topological polar surface area (TPSA) is 15.3 Å². The fraction of sp³-hybridized carbons (Fsp3) is 1.00. The molecule has 0 aromatic rings. The Labute approximate surface area is 117 Å². The molecule has 2 nitrogen and oxygen atoms in total. The summed E-state index contributed by atoms with van der Waals surface area (Å²) in [5.74, 6) is 0.853. The van der Waals surface area contributed by atoms with Gasteiger partial charge in [-0.25, -0.2) is 0 Å². The zero-order valence-electron chi connectivity index (χ0n) is 12.5. The molecule has 3 atom stereocenters. The predicted octanol–water partition coefficient (Wildman–Crippen LogP) is 2.84. The Hall–Kier alpha value is 0.270. The molecule has 2 rings (SSSR count). The molecule has 3 unspecified atom stereocenters. The van der Waals surface area contributed by atoms with E-state index >= 15 is 0 Å². The van der Waals surface area contributed by atoms with E-state index in [2.05, 4.69) is 49.7 Å². The number of rotatable bonds is 3. The summed E-state index contributed by atoms with van der Waals surface area (Å²) < 4.78 is 0. The van der Waals surface area contributed by atoms with Gasteiger partial charge in [0.2, 0.25) is 0 Å². The quantitative estimate of drug-likeness (QED) is 0.849. The Kier molecular flexibility index (Phi) is 5.01. The second-order valence-corrected chi connectivity index (χ2v) is 8.86. The Morgan fingerprint density at radius 3 is 2.44 bits per heavy atom. The van der Waals surface area contributed by atoms with Crippen LogP contribution in [0.25, 0.3) is 0 Å². The van der Waals surface area contributed by atoms with Crippen LogP contribution in [0.2, 0.25) is 0 Å². The Morgan fingerprint density at radius 2 is 1.89 bits per heavy atom. The van der Waals surface area contributed by atoms with E-state index in [1.54, 1.807) is 0 Å². The van der Waals surface area contributed by atoms with Crippen LogP contribution in [0.3, 0.4) is 0 Å². The van der Waals surface area contributed by atoms with Crippen molar-refractivity contribution in [3.05, 3.63) is 0 Å². The van der Waals surface area contributed by atoms with Crippen molar-refractivity contribution >= 4 is 11.8 Å². The monoisotopic (exact) mass is 270 g/mol. The average molecular weight is 270 g/mol. The van der Waals surface area contributed by atoms with Crippen LogP contribution in [-0.4, -0.2) is 48.1 Å². The van der Waals surface area contributed by atoms with Crippen LogP contribution in [0, 0.1) is 11.3 Å². The van der Waals surface area contributed by atoms with Crippen LogP contribution >= 0.6 is 11.8 Å². The summed E-state index contributed by atoms with van der Waals surface area (Å²) >= 11 is 2.15. The molecular weight excluding hydrogens is 240 g/mol. The number of nitrogens with zero attached hydrogens (tertiary/aromatic N) is 1. The molecule has 0 radical (unpaired) electrons. The maximum Gasteiger partial charge on any atom is 0.0149 e. The highest BCUT2D eigenvalue weighted by Crippen LogP contribution is 2.34. The molecular formula is C15H30N2S. The van der Waals surface area contributed by atoms with Crippen LogP contribution in [-0.2, 0) is 0 Å². The maximum atomic E-state index is 3.57. The summed E-state index contributed by atoms with van der Waals surface area (Å²) in [4.78, 5) is 2.71. The lowest BCUT2D eigenvalue weighted by Gasteiger charge is -2.43. The zero-order chi connectivity index (χ0) is 13.2. The van der Waals surface area contributed by atoms with Crippen molar-refractivity contribution in [2.24, 2.45) is 11.3 Å². The summed E-state index contributed by atoms with van der Waals surface area (Å²) in [7, 11) is 0. The van der Waals surface area contributed by atoms with E-state index in [4.69, 9.17) is 0 Å². The number of thioether (sulfide) groups is 1. The molecule has 2 aliphatic heterocycles. The Bertz CT molecular complexity index is 251. The Morgan fingerprint density at radius 1 is 1.22 bits per heavy atom. The molecule has 0 aromatic carbocycles. The Balaban J connectivity index is 1.89. The van der Waals surface area contributed by atoms with Gasteiger partial charge in [-0.2, -0.15) is 11.8 Å². The first-order valence-corrected chi connectivity index (χ1v) is 8.50. The van der Waals surface area contributed by atoms with Crippen molar-refractivity contribution < 1.29 is 0 Å². The summed E-state index contributed by atoms with van der Waals surface area (Å²) in [6.07, 6.45) is 2.77. The molecule has 2 fully saturated rings. The first-order valence-electron chi connectivity index (χ1n) is 7.56. The first-order chi connectivity index (χ1) is 8.47. The van der Waals surface area contributed by atoms with Gasteiger partial charge in [-0.1, -0.05) is 27.7 Å². The highest BCUT2D eigenvalue weighted by molar-refractivity contribution is 8.00. The zero-order valence-corrected chi connectivity index (χ0v) is 13.4. The van der Waals surface area contributed by atoms with E-state index in [0.29, 0.717) is 5.41 Å². The van der Waals surface area contributed by atoms with Crippen molar-refractivity contribution in [2.75, 3.05) is 32.7 Å². The molecule has 0 aromatic heterocycles. The minimum absolute atomic E-state index is 0.453. The fourth-order valence-corrected chi connectivity index (χ4v) is 5.02. The van der Waals surface area contributed by atoms with E-state index in [1.165, 1.54) is 45.6 Å². The largest absolute Gasteiger partial charge is 0.316 e. The third kappa shape index (κ3) is 3.88. The summed E-state index contributed by atoms with van der Waals surface area (Å²) in [6.45, 7) is 16.0. The van der Waals surface area contributed by atoms with Crippen LogP contribution in [0.15, 0.2) is 0 Å². The molecule has 0 spiro atoms. The SMILES string of the molecule is CC1CN(CC(C)(C)C2CCCNC2)CC(C)S1. The van der Waals surface area contributed by atoms with Crippen molar-refractivity contribution in [1.29, 1.82) is 0 Å². The third-order valence-electron chi connectivity index (χ3n) is 4.53. The molecule has 0 saturated carbocycles. The molecule has 2 aliphatic rings. The summed E-state index contributed by atoms with van der Waals surface area (Å²) in [5, 5.41) is 5.17. The lowest BCUT2D eigenvalue weighted by molar-refractivity contribution is 0.0993. The highest BCUT2D eigenvalue weighted by Gasteiger charge is 2.34. The van der Waals surface area contributed by atoms with Gasteiger partial charge in [0.25, 0.3) is 0 Å². The average Bonchev–Trinajstić information content (AvgIpc) is 2.28. The summed E-state index contributed by atoms with van der Waals surface area (Å²) in [6, 6.07) is 0. The smallest absolute Gasteiger partial charge is 0.0149 e. The molecule has 0 bridgehead atoms. The molecule has 2 saturated heterocycles. The van der Waals surface area contributed by atoms with Gasteiger partial charge in [-0.05, 0) is 37.3 Å². The number of nitrogens with one attached hydrogen (secondary N) is 1. The minimum Gasteiger partial charge on any atom is -0.316 e. The van der Waals surface area contributed by atoms with Gasteiger partial charge in [0, 0.05) is 30.1 Å². The van der Waals surface area contributed by atoms with Gasteiger partial charge in [-0.15, -0.1) is 0 Å². The van der Waals surface area contributed by atoms with Gasteiger partial charge in [-0.3, -0.25) is 0 Å². The van der Waals surface area contributed by atoms with Crippen molar-refractivity contribution in [3.63, 3.8) is 0 Å². The van der Waals surface area contributed by atoms with Gasteiger partial charge in [0.15, 0.2) is 0 Å². The van der Waals surface area contributed by atoms with E-state index in [0.717, 1.165) is 16.4 Å². The normalized spacial score (nSPS) is 35.7. The summed E-state index contributed by atoms with van der Waals surface area (Å²) in [5.41, 5.74) is 0.453. The molecule has 0 amide bonds. The van der Waals surface area contributed by atoms with E-state index in [-0.39, 0.29) is 0 Å². The number of hydrogen-bond acceptors (Lipinski definition) is 3. The van der Waals surface area contributed by atoms with Crippen LogP contribution in [0.1, 0.15) is 40.5 Å². The minimum atomic E-state index is 0.453. The van der Waals surface area contributed by atoms with Crippen LogP contribution < -0.4 is 5.32 Å². The van der Waals surface area contributed by atoms with Crippen molar-refractivity contribution in [1.82, 2.24) is 10.2 Å². The van der Waals surface area contributed by atoms with E-state index < -0.39 is 0 Å². The van der Waals surface area contributed by atoms with Crippen LogP contribution in [0.5, 0.6) is 0 Å². The van der Waals surface area contributed by atoms with E-state index in [9.17, 15) is 0 Å². The molecule has 0 aliphatic carbocycles. The molecule has 106 valence electrons. The van der Waals surface area contributed by atoms with Gasteiger partial charge in [0.1, 0.15) is 0 Å². The highest BCUT2D eigenvalue weighted by atomic mass is 32.2. The first kappa shape index (κ1) is 14.7. The standard InChI is InChI=1S/C15H30N2S/c1-12-9-17(10-13(2)18-12)11-15(3,4)14-6-5-7-16-8-14/h12-14,16H,5-11H2,1-4H3. The molecule has 18 heavy (non-hydrogen) atoms. The second kappa shape index (κ2) is 6.15. The maximum absolute atomic E-state index is 3.57. The van der Waals surface area contributed by atoms with Crippen molar-refractivity contribution in [2.45, 2.75) is 51.0 Å². The van der Waals surface area contributed by atoms with E-state index in [1.807, 2.05) is 0 Å². The van der Waals surface area contributed by atoms with Crippen molar-refractivity contribution in [3.8, 4) is 0 Å².